The van der Waals surface area contributed by atoms with Gasteiger partial charge >= 0.3 is 0 Å². The lowest BCUT2D eigenvalue weighted by atomic mass is 9.86. The molecule has 0 aromatic carbocycles. The summed E-state index contributed by atoms with van der Waals surface area (Å²) in [6.45, 7) is 0.842. The SMILES string of the molecule is NCC1CCC(n2cnnc2)CC1. The predicted molar refractivity (Wildman–Crippen MR) is 50.1 cm³/mol. The van der Waals surface area contributed by atoms with Gasteiger partial charge in [0.15, 0.2) is 0 Å². The van der Waals surface area contributed by atoms with Gasteiger partial charge in [-0.3, -0.25) is 0 Å². The van der Waals surface area contributed by atoms with E-state index in [4.69, 9.17) is 5.73 Å². The summed E-state index contributed by atoms with van der Waals surface area (Å²) in [7, 11) is 0. The fourth-order valence-electron chi connectivity index (χ4n) is 2.08. The molecule has 1 aliphatic carbocycles. The molecule has 1 saturated carbocycles. The number of aromatic nitrogens is 3. The number of rotatable bonds is 2. The molecule has 1 heterocycles. The van der Waals surface area contributed by atoms with Crippen molar-refractivity contribution in [3.63, 3.8) is 0 Å². The molecule has 72 valence electrons. The van der Waals surface area contributed by atoms with E-state index in [0.29, 0.717) is 6.04 Å². The normalized spacial score (nSPS) is 29.0. The maximum Gasteiger partial charge on any atom is 0.119 e. The van der Waals surface area contributed by atoms with Gasteiger partial charge in [-0.1, -0.05) is 0 Å². The van der Waals surface area contributed by atoms with Crippen molar-refractivity contribution in [3.05, 3.63) is 12.7 Å². The van der Waals surface area contributed by atoms with Crippen LogP contribution in [0, 0.1) is 5.92 Å². The van der Waals surface area contributed by atoms with E-state index >= 15 is 0 Å². The fraction of sp³-hybridized carbons (Fsp3) is 0.778. The zero-order chi connectivity index (χ0) is 9.10. The molecular formula is C9H16N4. The number of nitrogens with zero attached hydrogens (tertiary/aromatic N) is 3. The first-order valence-electron chi connectivity index (χ1n) is 4.94. The number of hydrogen-bond donors (Lipinski definition) is 1. The Hall–Kier alpha value is -0.900. The summed E-state index contributed by atoms with van der Waals surface area (Å²) in [6, 6.07) is 0.609. The van der Waals surface area contributed by atoms with Crippen LogP contribution in [0.2, 0.25) is 0 Å². The second kappa shape index (κ2) is 3.87. The van der Waals surface area contributed by atoms with Crippen LogP contribution in [0.4, 0.5) is 0 Å². The number of hydrogen-bond acceptors (Lipinski definition) is 3. The Bertz CT molecular complexity index is 236. The van der Waals surface area contributed by atoms with Gasteiger partial charge in [0.2, 0.25) is 0 Å². The second-order valence-corrected chi connectivity index (χ2v) is 3.82. The van der Waals surface area contributed by atoms with Crippen molar-refractivity contribution < 1.29 is 0 Å². The average molecular weight is 180 g/mol. The van der Waals surface area contributed by atoms with Crippen LogP contribution in [0.1, 0.15) is 31.7 Å². The molecule has 0 spiro atoms. The molecule has 0 amide bonds. The lowest BCUT2D eigenvalue weighted by molar-refractivity contribution is 0.279. The van der Waals surface area contributed by atoms with Gasteiger partial charge in [-0.15, -0.1) is 10.2 Å². The summed E-state index contributed by atoms with van der Waals surface area (Å²) in [5.74, 6) is 0.743. The second-order valence-electron chi connectivity index (χ2n) is 3.82. The van der Waals surface area contributed by atoms with Crippen molar-refractivity contribution in [2.24, 2.45) is 11.7 Å². The zero-order valence-corrected chi connectivity index (χ0v) is 7.76. The fourth-order valence-corrected chi connectivity index (χ4v) is 2.08. The lowest BCUT2D eigenvalue weighted by Crippen LogP contribution is -2.22. The van der Waals surface area contributed by atoms with E-state index in [9.17, 15) is 0 Å². The van der Waals surface area contributed by atoms with Crippen LogP contribution in [0.25, 0.3) is 0 Å². The van der Waals surface area contributed by atoms with E-state index in [2.05, 4.69) is 14.8 Å². The van der Waals surface area contributed by atoms with Crippen LogP contribution in [-0.4, -0.2) is 21.3 Å². The van der Waals surface area contributed by atoms with Crippen LogP contribution in [0.3, 0.4) is 0 Å². The molecule has 2 rings (SSSR count). The summed E-state index contributed by atoms with van der Waals surface area (Å²) in [6.07, 6.45) is 8.57. The van der Waals surface area contributed by atoms with Gasteiger partial charge in [-0.2, -0.15) is 0 Å². The van der Waals surface area contributed by atoms with Gasteiger partial charge in [-0.05, 0) is 38.1 Å². The Morgan fingerprint density at radius 1 is 1.15 bits per heavy atom. The Morgan fingerprint density at radius 3 is 2.31 bits per heavy atom. The Morgan fingerprint density at radius 2 is 1.77 bits per heavy atom. The average Bonchev–Trinajstić information content (AvgIpc) is 2.71. The summed E-state index contributed by atoms with van der Waals surface area (Å²) < 4.78 is 2.12. The van der Waals surface area contributed by atoms with Gasteiger partial charge in [-0.25, -0.2) is 0 Å². The van der Waals surface area contributed by atoms with E-state index in [-0.39, 0.29) is 0 Å². The highest BCUT2D eigenvalue weighted by molar-refractivity contribution is 4.79. The molecule has 1 fully saturated rings. The summed E-state index contributed by atoms with van der Waals surface area (Å²) in [5.41, 5.74) is 5.64. The third-order valence-corrected chi connectivity index (χ3v) is 3.01. The minimum absolute atomic E-state index is 0.609. The maximum atomic E-state index is 5.64. The molecule has 13 heavy (non-hydrogen) atoms. The molecule has 0 atom stereocenters. The van der Waals surface area contributed by atoms with Crippen LogP contribution < -0.4 is 5.73 Å². The molecule has 4 nitrogen and oxygen atoms in total. The minimum atomic E-state index is 0.609. The van der Waals surface area contributed by atoms with Crippen molar-refractivity contribution in [2.45, 2.75) is 31.7 Å². The first-order chi connectivity index (χ1) is 6.40. The summed E-state index contributed by atoms with van der Waals surface area (Å²) in [4.78, 5) is 0. The van der Waals surface area contributed by atoms with Gasteiger partial charge in [0.05, 0.1) is 0 Å². The Labute approximate surface area is 78.1 Å². The minimum Gasteiger partial charge on any atom is -0.330 e. The van der Waals surface area contributed by atoms with Crippen LogP contribution in [0.5, 0.6) is 0 Å². The van der Waals surface area contributed by atoms with Crippen molar-refractivity contribution in [3.8, 4) is 0 Å². The Kier molecular flexibility index (Phi) is 2.59. The molecule has 0 bridgehead atoms. The highest BCUT2D eigenvalue weighted by atomic mass is 15.2. The van der Waals surface area contributed by atoms with Crippen molar-refractivity contribution in [1.82, 2.24) is 14.8 Å². The molecular weight excluding hydrogens is 164 g/mol. The van der Waals surface area contributed by atoms with Crippen LogP contribution >= 0.6 is 0 Å². The zero-order valence-electron chi connectivity index (χ0n) is 7.76. The maximum absolute atomic E-state index is 5.64. The Balaban J connectivity index is 1.92. The van der Waals surface area contributed by atoms with E-state index in [1.165, 1.54) is 25.7 Å². The van der Waals surface area contributed by atoms with Crippen LogP contribution in [0.15, 0.2) is 12.7 Å². The highest BCUT2D eigenvalue weighted by Gasteiger charge is 2.20. The van der Waals surface area contributed by atoms with Gasteiger partial charge in [0.25, 0.3) is 0 Å². The molecule has 2 N–H and O–H groups in total. The lowest BCUT2D eigenvalue weighted by Gasteiger charge is -2.27. The van der Waals surface area contributed by atoms with Gasteiger partial charge < -0.3 is 10.3 Å². The first kappa shape index (κ1) is 8.69. The molecule has 4 heteroatoms. The smallest absolute Gasteiger partial charge is 0.119 e. The van der Waals surface area contributed by atoms with E-state index in [0.717, 1.165) is 12.5 Å². The standard InChI is InChI=1S/C9H16N4/c10-5-8-1-3-9(4-2-8)13-6-11-12-7-13/h6-9H,1-5,10H2. The van der Waals surface area contributed by atoms with E-state index < -0.39 is 0 Å². The van der Waals surface area contributed by atoms with Crippen molar-refractivity contribution in [2.75, 3.05) is 6.54 Å². The summed E-state index contributed by atoms with van der Waals surface area (Å²) >= 11 is 0. The van der Waals surface area contributed by atoms with Crippen molar-refractivity contribution >= 4 is 0 Å². The van der Waals surface area contributed by atoms with Gasteiger partial charge in [0, 0.05) is 6.04 Å². The third-order valence-electron chi connectivity index (χ3n) is 3.01. The van der Waals surface area contributed by atoms with E-state index in [1.807, 2.05) is 12.7 Å². The molecule has 0 aliphatic heterocycles. The van der Waals surface area contributed by atoms with Gasteiger partial charge in [0.1, 0.15) is 12.7 Å². The van der Waals surface area contributed by atoms with Crippen molar-refractivity contribution in [1.29, 1.82) is 0 Å². The molecule has 0 saturated heterocycles. The van der Waals surface area contributed by atoms with E-state index in [1.54, 1.807) is 0 Å². The third kappa shape index (κ3) is 1.88. The predicted octanol–water partition coefficient (Wildman–Crippen LogP) is 0.968. The topological polar surface area (TPSA) is 56.7 Å². The van der Waals surface area contributed by atoms with Crippen LogP contribution in [-0.2, 0) is 0 Å². The molecule has 1 aromatic heterocycles. The monoisotopic (exact) mass is 180 g/mol. The molecule has 1 aliphatic rings. The summed E-state index contributed by atoms with van der Waals surface area (Å²) in [5, 5.41) is 7.65. The molecule has 0 radical (unpaired) electrons. The molecule has 0 unspecified atom stereocenters. The highest BCUT2D eigenvalue weighted by Crippen LogP contribution is 2.30. The largest absolute Gasteiger partial charge is 0.330 e. The number of nitrogens with two attached hydrogens (primary N) is 1. The molecule has 1 aromatic rings. The first-order valence-corrected chi connectivity index (χ1v) is 4.94. The quantitative estimate of drug-likeness (QED) is 0.737.